The van der Waals surface area contributed by atoms with Crippen molar-refractivity contribution in [2.45, 2.75) is 27.2 Å². The van der Waals surface area contributed by atoms with Crippen LogP contribution in [0.4, 0.5) is 11.4 Å². The number of hydrogen-bond donors (Lipinski definition) is 3. The summed E-state index contributed by atoms with van der Waals surface area (Å²) in [6.45, 7) is 10.5. The van der Waals surface area contributed by atoms with Crippen molar-refractivity contribution in [1.82, 2.24) is 14.4 Å². The first-order valence-corrected chi connectivity index (χ1v) is 11.5. The van der Waals surface area contributed by atoms with Crippen LogP contribution in [0.1, 0.15) is 46.7 Å². The van der Waals surface area contributed by atoms with E-state index in [1.54, 1.807) is 12.1 Å². The van der Waals surface area contributed by atoms with Gasteiger partial charge in [-0.25, -0.2) is 0 Å². The first-order chi connectivity index (χ1) is 15.9. The van der Waals surface area contributed by atoms with E-state index in [1.807, 2.05) is 35.6 Å². The molecule has 8 nitrogen and oxygen atoms in total. The van der Waals surface area contributed by atoms with Gasteiger partial charge in [-0.3, -0.25) is 9.59 Å². The summed E-state index contributed by atoms with van der Waals surface area (Å²) in [4.78, 5) is 33.1. The van der Waals surface area contributed by atoms with Crippen LogP contribution in [0.15, 0.2) is 18.2 Å². The largest absolute Gasteiger partial charge is 0.465 e. The Labute approximate surface area is 194 Å². The van der Waals surface area contributed by atoms with Gasteiger partial charge in [0.1, 0.15) is 0 Å². The van der Waals surface area contributed by atoms with Gasteiger partial charge in [0.05, 0.1) is 11.1 Å². The van der Waals surface area contributed by atoms with Gasteiger partial charge < -0.3 is 24.8 Å². The highest BCUT2D eigenvalue weighted by Crippen LogP contribution is 2.36. The van der Waals surface area contributed by atoms with Crippen LogP contribution in [-0.2, 0) is 18.3 Å². The first-order valence-electron chi connectivity index (χ1n) is 11.5. The molecule has 0 saturated heterocycles. The van der Waals surface area contributed by atoms with Crippen molar-refractivity contribution < 1.29 is 19.7 Å². The molecule has 2 aromatic rings. The summed E-state index contributed by atoms with van der Waals surface area (Å²) in [5, 5.41) is 12.0. The SMILES string of the molecule is CCN(CC)CCN1CCc2c(c(C)c(/C=C3\C(=O)Nc4ccc([NH+]=CO)cc43)n2C)C1=O. The molecule has 0 saturated carbocycles. The van der Waals surface area contributed by atoms with Crippen LogP contribution >= 0.6 is 0 Å². The summed E-state index contributed by atoms with van der Waals surface area (Å²) < 4.78 is 2.05. The third-order valence-electron chi connectivity index (χ3n) is 6.83. The summed E-state index contributed by atoms with van der Waals surface area (Å²) >= 11 is 0. The second-order valence-electron chi connectivity index (χ2n) is 8.51. The Hall–Kier alpha value is -3.39. The molecule has 2 aliphatic heterocycles. The molecule has 0 spiro atoms. The number of nitrogens with zero attached hydrogens (tertiary/aromatic N) is 3. The van der Waals surface area contributed by atoms with E-state index >= 15 is 0 Å². The molecule has 0 radical (unpaired) electrons. The number of aliphatic hydroxyl groups excluding tert-OH is 1. The number of nitrogens with one attached hydrogen (secondary N) is 2. The molecule has 4 rings (SSSR count). The van der Waals surface area contributed by atoms with E-state index in [9.17, 15) is 9.59 Å². The number of likely N-dealkylation sites (N-methyl/N-ethyl adjacent to an activating group) is 1. The Balaban J connectivity index is 1.68. The zero-order valence-electron chi connectivity index (χ0n) is 19.7. The molecule has 33 heavy (non-hydrogen) atoms. The van der Waals surface area contributed by atoms with Crippen LogP contribution in [0.2, 0.25) is 0 Å². The molecule has 0 unspecified atom stereocenters. The average molecular weight is 451 g/mol. The Morgan fingerprint density at radius 3 is 2.70 bits per heavy atom. The average Bonchev–Trinajstić information content (AvgIpc) is 3.24. The van der Waals surface area contributed by atoms with Gasteiger partial charge in [0.15, 0.2) is 0 Å². The van der Waals surface area contributed by atoms with Gasteiger partial charge in [-0.2, -0.15) is 4.99 Å². The van der Waals surface area contributed by atoms with E-state index in [-0.39, 0.29) is 11.8 Å². The van der Waals surface area contributed by atoms with Gasteiger partial charge in [-0.15, -0.1) is 0 Å². The van der Waals surface area contributed by atoms with E-state index in [4.69, 9.17) is 5.11 Å². The summed E-state index contributed by atoms with van der Waals surface area (Å²) in [6.07, 6.45) is 3.53. The number of aliphatic hydroxyl groups is 1. The molecule has 0 bridgehead atoms. The lowest BCUT2D eigenvalue weighted by Gasteiger charge is -2.30. The highest BCUT2D eigenvalue weighted by atomic mass is 16.3. The Morgan fingerprint density at radius 2 is 2.00 bits per heavy atom. The zero-order chi connectivity index (χ0) is 23.7. The number of carbonyl (C=O) groups excluding carboxylic acids is 2. The number of aromatic nitrogens is 1. The summed E-state index contributed by atoms with van der Waals surface area (Å²) in [7, 11) is 1.96. The molecule has 3 N–H and O–H groups in total. The third kappa shape index (κ3) is 4.06. The monoisotopic (exact) mass is 450 g/mol. The number of benzene rings is 1. The fourth-order valence-corrected chi connectivity index (χ4v) is 4.84. The summed E-state index contributed by atoms with van der Waals surface area (Å²) in [5.41, 5.74) is 6.26. The lowest BCUT2D eigenvalue weighted by molar-refractivity contribution is -0.357. The fourth-order valence-electron chi connectivity index (χ4n) is 4.84. The molecule has 0 atom stereocenters. The van der Waals surface area contributed by atoms with E-state index < -0.39 is 0 Å². The molecule has 3 heterocycles. The van der Waals surface area contributed by atoms with Crippen LogP contribution in [0.5, 0.6) is 0 Å². The lowest BCUT2D eigenvalue weighted by atomic mass is 10.0. The smallest absolute Gasteiger partial charge is 0.325 e. The highest BCUT2D eigenvalue weighted by molar-refractivity contribution is 6.35. The molecule has 8 heteroatoms. The number of amides is 2. The van der Waals surface area contributed by atoms with Gasteiger partial charge in [0.25, 0.3) is 11.8 Å². The molecular weight excluding hydrogens is 418 g/mol. The molecule has 2 amide bonds. The lowest BCUT2D eigenvalue weighted by Crippen LogP contribution is -2.61. The van der Waals surface area contributed by atoms with Crippen LogP contribution in [0.25, 0.3) is 11.6 Å². The van der Waals surface area contributed by atoms with Crippen molar-refractivity contribution in [3.8, 4) is 0 Å². The Morgan fingerprint density at radius 1 is 1.24 bits per heavy atom. The fraction of sp³-hybridized carbons (Fsp3) is 0.400. The van der Waals surface area contributed by atoms with Crippen LogP contribution in [0.3, 0.4) is 0 Å². The van der Waals surface area contributed by atoms with Crippen molar-refractivity contribution in [2.24, 2.45) is 7.05 Å². The van der Waals surface area contributed by atoms with E-state index in [0.717, 1.165) is 72.8 Å². The summed E-state index contributed by atoms with van der Waals surface area (Å²) in [5.74, 6) is -0.108. The van der Waals surface area contributed by atoms with Crippen LogP contribution in [-0.4, -0.2) is 70.4 Å². The molecule has 174 valence electrons. The minimum atomic E-state index is -0.180. The molecule has 1 aromatic carbocycles. The van der Waals surface area contributed by atoms with Crippen LogP contribution < -0.4 is 10.3 Å². The molecule has 1 aromatic heterocycles. The maximum Gasteiger partial charge on any atom is 0.325 e. The number of rotatable bonds is 7. The van der Waals surface area contributed by atoms with Crippen molar-refractivity contribution in [2.75, 3.05) is 38.0 Å². The standard InChI is InChI=1S/C25H31N5O3/c1-5-29(6-2)11-12-30-10-9-21-23(25(30)33)16(3)22(28(21)4)14-19-18-13-17(26-15-31)7-8-20(18)27-24(19)32/h7-8,13-15H,5-6,9-12H2,1-4H3,(H,26,31)(H,27,32)/p+1/b19-14-. The Kier molecular flexibility index (Phi) is 6.37. The maximum absolute atomic E-state index is 13.4. The highest BCUT2D eigenvalue weighted by Gasteiger charge is 2.32. The minimum Gasteiger partial charge on any atom is -0.465 e. The Bertz CT molecular complexity index is 1160. The molecule has 0 fully saturated rings. The van der Waals surface area contributed by atoms with Crippen molar-refractivity contribution >= 4 is 41.2 Å². The van der Waals surface area contributed by atoms with Crippen molar-refractivity contribution in [3.05, 3.63) is 46.3 Å². The van der Waals surface area contributed by atoms with Gasteiger partial charge in [0.2, 0.25) is 5.69 Å². The van der Waals surface area contributed by atoms with Crippen molar-refractivity contribution in [3.63, 3.8) is 0 Å². The summed E-state index contributed by atoms with van der Waals surface area (Å²) in [6, 6.07) is 5.41. The number of anilines is 1. The predicted octanol–water partition coefficient (Wildman–Crippen LogP) is 1.46. The van der Waals surface area contributed by atoms with Crippen molar-refractivity contribution in [1.29, 1.82) is 0 Å². The predicted molar refractivity (Wildman–Crippen MR) is 130 cm³/mol. The van der Waals surface area contributed by atoms with E-state index in [0.29, 0.717) is 17.8 Å². The van der Waals surface area contributed by atoms with Gasteiger partial charge >= 0.3 is 6.40 Å². The topological polar surface area (TPSA) is 91.8 Å². The molecule has 0 aliphatic carbocycles. The number of fused-ring (bicyclic) bond motifs is 2. The molecule has 2 aliphatic rings. The zero-order valence-corrected chi connectivity index (χ0v) is 19.7. The number of carbonyl (C=O) groups is 2. The normalized spacial score (nSPS) is 16.8. The quantitative estimate of drug-likeness (QED) is 0.338. The van der Waals surface area contributed by atoms with E-state index in [2.05, 4.69) is 29.1 Å². The first kappa shape index (κ1) is 22.8. The second kappa shape index (κ2) is 9.23. The van der Waals surface area contributed by atoms with Gasteiger partial charge in [-0.05, 0) is 37.7 Å². The van der Waals surface area contributed by atoms with Gasteiger partial charge in [-0.1, -0.05) is 13.8 Å². The minimum absolute atomic E-state index is 0.0717. The van der Waals surface area contributed by atoms with E-state index in [1.165, 1.54) is 0 Å². The van der Waals surface area contributed by atoms with Crippen LogP contribution in [0, 0.1) is 6.92 Å². The number of hydrogen-bond acceptors (Lipinski definition) is 3. The second-order valence-corrected chi connectivity index (χ2v) is 8.51. The molecular formula is C25H32N5O3+. The third-order valence-corrected chi connectivity index (χ3v) is 6.83. The van der Waals surface area contributed by atoms with Gasteiger partial charge in [0, 0.05) is 67.9 Å². The maximum atomic E-state index is 13.4.